The van der Waals surface area contributed by atoms with Crippen LogP contribution in [0.5, 0.6) is 11.5 Å². The molecule has 14 nitrogen and oxygen atoms in total. The number of phenolic OH excluding ortho intramolecular Hbond substituents is 2. The van der Waals surface area contributed by atoms with Gasteiger partial charge in [-0.05, 0) is 59.0 Å². The Labute approximate surface area is 238 Å². The zero-order valence-electron chi connectivity index (χ0n) is 22.2. The molecule has 0 bridgehead atoms. The number of azo groups is 2. The van der Waals surface area contributed by atoms with Crippen molar-refractivity contribution < 1.29 is 29.3 Å². The molecule has 0 aliphatic rings. The molecule has 4 rings (SSSR count). The molecule has 0 heterocycles. The van der Waals surface area contributed by atoms with Crippen molar-refractivity contribution in [3.8, 4) is 11.5 Å². The lowest BCUT2D eigenvalue weighted by molar-refractivity contribution is 0.0588. The van der Waals surface area contributed by atoms with Crippen molar-refractivity contribution in [1.29, 1.82) is 0 Å². The monoisotopic (exact) mass is 566 g/mol. The predicted octanol–water partition coefficient (Wildman–Crippen LogP) is 8.28. The van der Waals surface area contributed by atoms with Crippen LogP contribution < -0.4 is 0 Å². The van der Waals surface area contributed by atoms with Gasteiger partial charge in [0.05, 0.1) is 14.2 Å². The average molecular weight is 567 g/mol. The molecule has 4 aromatic carbocycles. The summed E-state index contributed by atoms with van der Waals surface area (Å²) in [6.45, 7) is 0. The van der Waals surface area contributed by atoms with Crippen LogP contribution >= 0.6 is 0 Å². The molecule has 0 spiro atoms. The van der Waals surface area contributed by atoms with Gasteiger partial charge in [-0.15, -0.1) is 30.7 Å². The third-order valence-electron chi connectivity index (χ3n) is 5.48. The number of esters is 2. The Balaban J connectivity index is 1.52. The molecule has 0 aliphatic heterocycles. The SMILES string of the molecule is COC(=O)c1cccc(N=Nc2ccccc2N=NN=Nc2ccccc2N=Nc2cccc(C(=O)OC)c2O)c1O. The highest BCUT2D eigenvalue weighted by molar-refractivity contribution is 5.94. The number of methoxy groups -OCH3 is 2. The van der Waals surface area contributed by atoms with Crippen LogP contribution in [0.3, 0.4) is 0 Å². The minimum Gasteiger partial charge on any atom is -0.505 e. The zero-order chi connectivity index (χ0) is 29.9. The largest absolute Gasteiger partial charge is 0.505 e. The number of carbonyl (C=O) groups is 2. The van der Waals surface area contributed by atoms with Crippen LogP contribution in [0, 0.1) is 0 Å². The molecule has 4 aromatic rings. The van der Waals surface area contributed by atoms with Gasteiger partial charge in [0.25, 0.3) is 0 Å². The molecule has 0 unspecified atom stereocenters. The maximum atomic E-state index is 11.8. The molecule has 0 radical (unpaired) electrons. The Hall–Kier alpha value is -6.18. The number of phenols is 2. The molecule has 42 heavy (non-hydrogen) atoms. The van der Waals surface area contributed by atoms with Crippen molar-refractivity contribution in [2.45, 2.75) is 0 Å². The molecule has 210 valence electrons. The fourth-order valence-corrected chi connectivity index (χ4v) is 3.39. The molecule has 0 amide bonds. The van der Waals surface area contributed by atoms with E-state index in [1.54, 1.807) is 48.5 Å². The van der Waals surface area contributed by atoms with Crippen molar-refractivity contribution in [1.82, 2.24) is 0 Å². The number of ether oxygens (including phenoxy) is 2. The van der Waals surface area contributed by atoms with Gasteiger partial charge in [-0.25, -0.2) is 9.59 Å². The van der Waals surface area contributed by atoms with Crippen LogP contribution in [0.15, 0.2) is 126 Å². The first-order valence-electron chi connectivity index (χ1n) is 12.1. The van der Waals surface area contributed by atoms with Gasteiger partial charge in [0.1, 0.15) is 45.3 Å². The van der Waals surface area contributed by atoms with E-state index in [4.69, 9.17) is 0 Å². The highest BCUT2D eigenvalue weighted by atomic mass is 16.5. The highest BCUT2D eigenvalue weighted by Gasteiger charge is 2.15. The lowest BCUT2D eigenvalue weighted by Gasteiger charge is -2.04. The molecule has 0 saturated carbocycles. The van der Waals surface area contributed by atoms with E-state index in [0.717, 1.165) is 0 Å². The van der Waals surface area contributed by atoms with Crippen LogP contribution in [-0.4, -0.2) is 36.4 Å². The summed E-state index contributed by atoms with van der Waals surface area (Å²) >= 11 is 0. The zero-order valence-corrected chi connectivity index (χ0v) is 22.2. The Kier molecular flexibility index (Phi) is 9.43. The standard InChI is InChI=1S/C28H22N8O6/c1-41-27(39)17-9-7-15-23(25(17)37)31-29-19-11-3-5-13-21(19)33-35-36-34-22-14-6-4-12-20(22)30-32-24-16-8-10-18(26(24)38)28(40)42-2/h3-16,37-38H,1-2H3. The number of aromatic hydroxyl groups is 2. The molecule has 0 fully saturated rings. The number of benzene rings is 4. The van der Waals surface area contributed by atoms with Gasteiger partial charge in [0.15, 0.2) is 11.5 Å². The summed E-state index contributed by atoms with van der Waals surface area (Å²) in [6.07, 6.45) is 0. The molecule has 0 saturated heterocycles. The van der Waals surface area contributed by atoms with Gasteiger partial charge >= 0.3 is 11.9 Å². The lowest BCUT2D eigenvalue weighted by Crippen LogP contribution is -2.00. The first kappa shape index (κ1) is 28.8. The van der Waals surface area contributed by atoms with Crippen LogP contribution in [0.4, 0.5) is 34.1 Å². The molecule has 0 aromatic heterocycles. The van der Waals surface area contributed by atoms with Crippen LogP contribution in [0.25, 0.3) is 0 Å². The van der Waals surface area contributed by atoms with E-state index in [1.807, 2.05) is 0 Å². The molecule has 2 N–H and O–H groups in total. The second-order valence-corrected chi connectivity index (χ2v) is 8.09. The second-order valence-electron chi connectivity index (χ2n) is 8.09. The van der Waals surface area contributed by atoms with E-state index in [-0.39, 0.29) is 34.0 Å². The first-order chi connectivity index (χ1) is 20.4. The topological polar surface area (TPSA) is 192 Å². The molecular formula is C28H22N8O6. The van der Waals surface area contributed by atoms with Gasteiger partial charge in [-0.1, -0.05) is 36.4 Å². The van der Waals surface area contributed by atoms with Crippen LogP contribution in [0.2, 0.25) is 0 Å². The fourth-order valence-electron chi connectivity index (χ4n) is 3.39. The minimum atomic E-state index is -0.710. The van der Waals surface area contributed by atoms with Gasteiger partial charge in [-0.3, -0.25) is 0 Å². The molecule has 0 atom stereocenters. The van der Waals surface area contributed by atoms with Crippen molar-refractivity contribution in [2.24, 2.45) is 41.1 Å². The molecular weight excluding hydrogens is 544 g/mol. The van der Waals surface area contributed by atoms with E-state index in [2.05, 4.69) is 50.6 Å². The van der Waals surface area contributed by atoms with Gasteiger partial charge < -0.3 is 19.7 Å². The second kappa shape index (κ2) is 13.7. The van der Waals surface area contributed by atoms with Gasteiger partial charge in [0, 0.05) is 0 Å². The summed E-state index contributed by atoms with van der Waals surface area (Å²) in [7, 11) is 2.41. The Morgan fingerprint density at radius 3 is 1.14 bits per heavy atom. The quantitative estimate of drug-likeness (QED) is 0.116. The number of hydrogen-bond acceptors (Lipinski definition) is 12. The maximum Gasteiger partial charge on any atom is 0.341 e. The van der Waals surface area contributed by atoms with E-state index >= 15 is 0 Å². The maximum absolute atomic E-state index is 11.8. The first-order valence-corrected chi connectivity index (χ1v) is 12.1. The summed E-state index contributed by atoms with van der Waals surface area (Å²) in [5.74, 6) is -2.16. The Morgan fingerprint density at radius 2 is 0.786 bits per heavy atom. The fraction of sp³-hybridized carbons (Fsp3) is 0.0714. The minimum absolute atomic E-state index is 0.0475. The van der Waals surface area contributed by atoms with Crippen LogP contribution in [-0.2, 0) is 9.47 Å². The summed E-state index contributed by atoms with van der Waals surface area (Å²) < 4.78 is 9.30. The summed E-state index contributed by atoms with van der Waals surface area (Å²) in [4.78, 5) is 23.6. The van der Waals surface area contributed by atoms with E-state index in [0.29, 0.717) is 22.7 Å². The smallest absolute Gasteiger partial charge is 0.341 e. The van der Waals surface area contributed by atoms with E-state index in [1.165, 1.54) is 50.6 Å². The number of hydrogen-bond donors (Lipinski definition) is 2. The number of carbonyl (C=O) groups excluding carboxylic acids is 2. The molecule has 14 heteroatoms. The van der Waals surface area contributed by atoms with Crippen molar-refractivity contribution in [2.75, 3.05) is 14.2 Å². The molecule has 0 aliphatic carbocycles. The van der Waals surface area contributed by atoms with Crippen molar-refractivity contribution in [3.05, 3.63) is 96.1 Å². The summed E-state index contributed by atoms with van der Waals surface area (Å²) in [5.41, 5.74) is 1.24. The number of rotatable bonds is 9. The summed E-state index contributed by atoms with van der Waals surface area (Å²) in [5, 5.41) is 52.5. The number of nitrogens with zero attached hydrogens (tertiary/aromatic N) is 8. The van der Waals surface area contributed by atoms with Gasteiger partial charge in [0.2, 0.25) is 0 Å². The normalized spacial score (nSPS) is 11.6. The Bertz CT molecular complexity index is 1610. The Morgan fingerprint density at radius 1 is 0.476 bits per heavy atom. The third kappa shape index (κ3) is 6.87. The predicted molar refractivity (Wildman–Crippen MR) is 149 cm³/mol. The van der Waals surface area contributed by atoms with E-state index in [9.17, 15) is 19.8 Å². The van der Waals surface area contributed by atoms with Gasteiger partial charge in [-0.2, -0.15) is 0 Å². The van der Waals surface area contributed by atoms with E-state index < -0.39 is 11.9 Å². The number of para-hydroxylation sites is 2. The highest BCUT2D eigenvalue weighted by Crippen LogP contribution is 2.36. The third-order valence-corrected chi connectivity index (χ3v) is 5.48. The lowest BCUT2D eigenvalue weighted by atomic mass is 10.2. The average Bonchev–Trinajstić information content (AvgIpc) is 3.02. The van der Waals surface area contributed by atoms with Crippen LogP contribution in [0.1, 0.15) is 20.7 Å². The van der Waals surface area contributed by atoms with Crippen molar-refractivity contribution >= 4 is 46.1 Å². The summed E-state index contributed by atoms with van der Waals surface area (Å²) in [6, 6.07) is 22.2. The van der Waals surface area contributed by atoms with Crippen molar-refractivity contribution in [3.63, 3.8) is 0 Å².